The quantitative estimate of drug-likeness (QED) is 0.841. The molecule has 3 N–H and O–H groups in total. The third-order valence-electron chi connectivity index (χ3n) is 2.08. The number of carbonyl (C=O) groups excluding carboxylic acids is 1. The van der Waals surface area contributed by atoms with Crippen LogP contribution in [0.5, 0.6) is 5.75 Å². The van der Waals surface area contributed by atoms with Crippen LogP contribution in [0.2, 0.25) is 5.02 Å². The van der Waals surface area contributed by atoms with Crippen LogP contribution >= 0.6 is 11.6 Å². The highest BCUT2D eigenvalue weighted by Crippen LogP contribution is 2.18. The fraction of sp³-hybridized carbons (Fsp3) is 0.417. The Labute approximate surface area is 106 Å². The van der Waals surface area contributed by atoms with Crippen molar-refractivity contribution in [3.05, 3.63) is 29.3 Å². The van der Waals surface area contributed by atoms with E-state index in [4.69, 9.17) is 22.1 Å². The second kappa shape index (κ2) is 6.47. The van der Waals surface area contributed by atoms with E-state index in [1.165, 1.54) is 0 Å². The van der Waals surface area contributed by atoms with Gasteiger partial charge in [-0.25, -0.2) is 0 Å². The number of nitrogens with one attached hydrogen (secondary N) is 1. The topological polar surface area (TPSA) is 64.3 Å². The second-order valence-electron chi connectivity index (χ2n) is 3.94. The summed E-state index contributed by atoms with van der Waals surface area (Å²) in [4.78, 5) is 11.6. The van der Waals surface area contributed by atoms with Crippen molar-refractivity contribution in [3.63, 3.8) is 0 Å². The number of halogens is 1. The van der Waals surface area contributed by atoms with Gasteiger partial charge in [0.1, 0.15) is 5.75 Å². The normalized spacial score (nSPS) is 13.9. The van der Waals surface area contributed by atoms with Gasteiger partial charge in [-0.1, -0.05) is 17.7 Å². The van der Waals surface area contributed by atoms with Crippen molar-refractivity contribution < 1.29 is 9.53 Å². The molecule has 0 aliphatic carbocycles. The van der Waals surface area contributed by atoms with Gasteiger partial charge in [0, 0.05) is 17.6 Å². The molecule has 2 atom stereocenters. The lowest BCUT2D eigenvalue weighted by Crippen LogP contribution is -2.41. The first-order valence-corrected chi connectivity index (χ1v) is 5.82. The Morgan fingerprint density at radius 3 is 2.82 bits per heavy atom. The highest BCUT2D eigenvalue weighted by Gasteiger charge is 2.14. The molecule has 0 aromatic heterocycles. The van der Waals surface area contributed by atoms with Crippen molar-refractivity contribution in [2.24, 2.45) is 5.73 Å². The molecule has 0 spiro atoms. The summed E-state index contributed by atoms with van der Waals surface area (Å²) in [6, 6.07) is 6.86. The zero-order chi connectivity index (χ0) is 12.8. The summed E-state index contributed by atoms with van der Waals surface area (Å²) in [6.07, 6.45) is -0.577. The molecule has 1 amide bonds. The zero-order valence-electron chi connectivity index (χ0n) is 9.94. The van der Waals surface area contributed by atoms with Gasteiger partial charge < -0.3 is 15.8 Å². The molecule has 4 nitrogen and oxygen atoms in total. The van der Waals surface area contributed by atoms with Crippen LogP contribution in [0.1, 0.15) is 13.8 Å². The van der Waals surface area contributed by atoms with Crippen LogP contribution in [0, 0.1) is 0 Å². The highest BCUT2D eigenvalue weighted by molar-refractivity contribution is 6.30. The summed E-state index contributed by atoms with van der Waals surface area (Å²) in [5.74, 6) is 0.378. The van der Waals surface area contributed by atoms with Crippen LogP contribution in [0.15, 0.2) is 24.3 Å². The zero-order valence-corrected chi connectivity index (χ0v) is 10.7. The first kappa shape index (κ1) is 13.8. The minimum atomic E-state index is -0.577. The molecule has 0 saturated carbocycles. The number of benzene rings is 1. The summed E-state index contributed by atoms with van der Waals surface area (Å²) in [5, 5.41) is 3.27. The lowest BCUT2D eigenvalue weighted by atomic mass is 10.3. The number of ether oxygens (including phenoxy) is 1. The van der Waals surface area contributed by atoms with Crippen LogP contribution in [-0.2, 0) is 4.79 Å². The van der Waals surface area contributed by atoms with Crippen molar-refractivity contribution >= 4 is 17.5 Å². The third kappa shape index (κ3) is 5.06. The van der Waals surface area contributed by atoms with Crippen LogP contribution in [-0.4, -0.2) is 24.6 Å². The van der Waals surface area contributed by atoms with Crippen LogP contribution in [0.25, 0.3) is 0 Å². The van der Waals surface area contributed by atoms with Crippen molar-refractivity contribution in [1.29, 1.82) is 0 Å². The molecular weight excluding hydrogens is 240 g/mol. The van der Waals surface area contributed by atoms with Gasteiger partial charge in [0.25, 0.3) is 5.91 Å². The molecule has 0 bridgehead atoms. The average Bonchev–Trinajstić information content (AvgIpc) is 2.25. The van der Waals surface area contributed by atoms with Gasteiger partial charge in [-0.2, -0.15) is 0 Å². The molecule has 0 radical (unpaired) electrons. The lowest BCUT2D eigenvalue weighted by Gasteiger charge is -2.15. The van der Waals surface area contributed by atoms with Crippen molar-refractivity contribution in [3.8, 4) is 5.75 Å². The molecular formula is C12H17ClN2O2. The van der Waals surface area contributed by atoms with Crippen molar-refractivity contribution in [2.45, 2.75) is 26.0 Å². The van der Waals surface area contributed by atoms with Gasteiger partial charge in [-0.05, 0) is 32.0 Å². The molecule has 17 heavy (non-hydrogen) atoms. The monoisotopic (exact) mass is 256 g/mol. The largest absolute Gasteiger partial charge is 0.481 e. The number of hydrogen-bond donors (Lipinski definition) is 2. The van der Waals surface area contributed by atoms with Gasteiger partial charge in [0.15, 0.2) is 6.10 Å². The van der Waals surface area contributed by atoms with Crippen LogP contribution in [0.3, 0.4) is 0 Å². The van der Waals surface area contributed by atoms with E-state index in [0.29, 0.717) is 17.3 Å². The van der Waals surface area contributed by atoms with E-state index in [1.807, 2.05) is 6.92 Å². The Morgan fingerprint density at radius 1 is 1.53 bits per heavy atom. The molecule has 1 aromatic carbocycles. The minimum Gasteiger partial charge on any atom is -0.481 e. The number of amides is 1. The fourth-order valence-electron chi connectivity index (χ4n) is 1.20. The van der Waals surface area contributed by atoms with E-state index in [-0.39, 0.29) is 11.9 Å². The second-order valence-corrected chi connectivity index (χ2v) is 4.38. The van der Waals surface area contributed by atoms with E-state index >= 15 is 0 Å². The summed E-state index contributed by atoms with van der Waals surface area (Å²) in [6.45, 7) is 3.93. The summed E-state index contributed by atoms with van der Waals surface area (Å²) in [5.41, 5.74) is 5.54. The molecule has 1 rings (SSSR count). The highest BCUT2D eigenvalue weighted by atomic mass is 35.5. The molecule has 0 aliphatic heterocycles. The average molecular weight is 257 g/mol. The molecule has 0 fully saturated rings. The van der Waals surface area contributed by atoms with Crippen LogP contribution < -0.4 is 15.8 Å². The van der Waals surface area contributed by atoms with E-state index in [2.05, 4.69) is 5.32 Å². The summed E-state index contributed by atoms with van der Waals surface area (Å²) in [7, 11) is 0. The Kier molecular flexibility index (Phi) is 5.25. The molecule has 0 saturated heterocycles. The summed E-state index contributed by atoms with van der Waals surface area (Å²) < 4.78 is 5.45. The van der Waals surface area contributed by atoms with Gasteiger partial charge in [0.2, 0.25) is 0 Å². The molecule has 94 valence electrons. The minimum absolute atomic E-state index is 0.0719. The third-order valence-corrected chi connectivity index (χ3v) is 2.31. The smallest absolute Gasteiger partial charge is 0.260 e. The van der Waals surface area contributed by atoms with Gasteiger partial charge in [-0.3, -0.25) is 4.79 Å². The molecule has 2 unspecified atom stereocenters. The van der Waals surface area contributed by atoms with E-state index < -0.39 is 6.10 Å². The maximum atomic E-state index is 11.6. The predicted molar refractivity (Wildman–Crippen MR) is 68.2 cm³/mol. The number of nitrogens with two attached hydrogens (primary N) is 1. The Balaban J connectivity index is 2.48. The maximum Gasteiger partial charge on any atom is 0.260 e. The van der Waals surface area contributed by atoms with Crippen molar-refractivity contribution in [1.82, 2.24) is 5.32 Å². The Morgan fingerprint density at radius 2 is 2.24 bits per heavy atom. The first-order valence-electron chi connectivity index (χ1n) is 5.44. The maximum absolute atomic E-state index is 11.6. The van der Waals surface area contributed by atoms with Crippen LogP contribution in [0.4, 0.5) is 0 Å². The van der Waals surface area contributed by atoms with Gasteiger partial charge in [0.05, 0.1) is 0 Å². The van der Waals surface area contributed by atoms with E-state index in [1.54, 1.807) is 31.2 Å². The lowest BCUT2D eigenvalue weighted by molar-refractivity contribution is -0.127. The molecule has 1 aromatic rings. The van der Waals surface area contributed by atoms with Gasteiger partial charge in [-0.15, -0.1) is 0 Å². The first-order chi connectivity index (χ1) is 7.99. The number of hydrogen-bond acceptors (Lipinski definition) is 3. The van der Waals surface area contributed by atoms with Crippen molar-refractivity contribution in [2.75, 3.05) is 6.54 Å². The Bertz CT molecular complexity index is 383. The Hall–Kier alpha value is -1.26. The molecule has 5 heteroatoms. The molecule has 0 heterocycles. The van der Waals surface area contributed by atoms with E-state index in [0.717, 1.165) is 0 Å². The number of rotatable bonds is 5. The van der Waals surface area contributed by atoms with Gasteiger partial charge >= 0.3 is 0 Å². The van der Waals surface area contributed by atoms with E-state index in [9.17, 15) is 4.79 Å². The number of carbonyl (C=O) groups is 1. The molecule has 0 aliphatic rings. The standard InChI is InChI=1S/C12H17ClN2O2/c1-8(14)7-15-12(16)9(2)17-11-5-3-4-10(13)6-11/h3-6,8-9H,7,14H2,1-2H3,(H,15,16). The predicted octanol–water partition coefficient (Wildman–Crippen LogP) is 1.57. The fourth-order valence-corrected chi connectivity index (χ4v) is 1.38. The summed E-state index contributed by atoms with van der Waals surface area (Å²) >= 11 is 5.81. The SMILES string of the molecule is CC(N)CNC(=O)C(C)Oc1cccc(Cl)c1.